The zero-order valence-electron chi connectivity index (χ0n) is 17.2. The maximum absolute atomic E-state index is 13.2. The molecule has 0 radical (unpaired) electrons. The summed E-state index contributed by atoms with van der Waals surface area (Å²) in [6.45, 7) is 15.5. The van der Waals surface area contributed by atoms with E-state index < -0.39 is 17.7 Å². The highest BCUT2D eigenvalue weighted by atomic mass is 16.6. The molecule has 1 N–H and O–H groups in total. The van der Waals surface area contributed by atoms with Crippen molar-refractivity contribution >= 4 is 12.0 Å². The Kier molecular flexibility index (Phi) is 7.72. The lowest BCUT2D eigenvalue weighted by Crippen LogP contribution is -2.51. The number of rotatable bonds is 7. The molecule has 0 aromatic heterocycles. The van der Waals surface area contributed by atoms with Gasteiger partial charge in [-0.05, 0) is 39.5 Å². The number of nitrogens with one attached hydrogen (secondary N) is 1. The molecule has 6 nitrogen and oxygen atoms in total. The van der Waals surface area contributed by atoms with Crippen LogP contribution in [0.25, 0.3) is 0 Å². The molecule has 1 aliphatic rings. The number of amides is 2. The van der Waals surface area contributed by atoms with E-state index in [2.05, 4.69) is 25.7 Å². The van der Waals surface area contributed by atoms with Crippen molar-refractivity contribution in [1.82, 2.24) is 10.2 Å². The molecule has 2 amide bonds. The van der Waals surface area contributed by atoms with Gasteiger partial charge in [0.2, 0.25) is 5.91 Å². The van der Waals surface area contributed by atoms with Crippen molar-refractivity contribution in [3.8, 4) is 0 Å². The molecule has 2 atom stereocenters. The molecule has 6 heteroatoms. The van der Waals surface area contributed by atoms with Gasteiger partial charge in [-0.3, -0.25) is 4.79 Å². The zero-order chi connectivity index (χ0) is 20.1. The summed E-state index contributed by atoms with van der Waals surface area (Å²) in [5.74, 6) is 0.921. The Hall–Kier alpha value is -1.98. The second-order valence-electron chi connectivity index (χ2n) is 8.08. The summed E-state index contributed by atoms with van der Waals surface area (Å²) < 4.78 is 10.8. The lowest BCUT2D eigenvalue weighted by molar-refractivity contribution is -0.133. The number of carbonyl (C=O) groups is 2. The number of allylic oxidation sites excluding steroid dienone is 1. The second-order valence-corrected chi connectivity index (χ2v) is 8.08. The Bertz CT molecular complexity index is 561. The van der Waals surface area contributed by atoms with Gasteiger partial charge in [-0.1, -0.05) is 33.8 Å². The number of alkyl carbamates (subject to hydrolysis) is 1. The smallest absolute Gasteiger partial charge is 0.408 e. The molecule has 1 rings (SSSR count). The number of hydrogen-bond donors (Lipinski definition) is 1. The van der Waals surface area contributed by atoms with Crippen LogP contribution in [0, 0.1) is 5.92 Å². The summed E-state index contributed by atoms with van der Waals surface area (Å²) in [7, 11) is 1.60. The lowest BCUT2D eigenvalue weighted by atomic mass is 10.0. The van der Waals surface area contributed by atoms with Gasteiger partial charge >= 0.3 is 6.09 Å². The fraction of sp³-hybridized carbons (Fsp3) is 0.700. The second kappa shape index (κ2) is 9.10. The number of methoxy groups -OCH3 is 1. The quantitative estimate of drug-likeness (QED) is 0.740. The molecule has 148 valence electrons. The van der Waals surface area contributed by atoms with Crippen LogP contribution in [0.2, 0.25) is 0 Å². The van der Waals surface area contributed by atoms with Gasteiger partial charge < -0.3 is 19.7 Å². The molecule has 0 aliphatic carbocycles. The minimum atomic E-state index is -0.661. The Labute approximate surface area is 157 Å². The van der Waals surface area contributed by atoms with E-state index in [4.69, 9.17) is 9.47 Å². The van der Waals surface area contributed by atoms with Crippen molar-refractivity contribution in [1.29, 1.82) is 0 Å². The highest BCUT2D eigenvalue weighted by molar-refractivity contribution is 5.88. The van der Waals surface area contributed by atoms with E-state index in [9.17, 15) is 9.59 Å². The minimum absolute atomic E-state index is 0.184. The molecule has 0 aromatic rings. The van der Waals surface area contributed by atoms with Gasteiger partial charge in [0.15, 0.2) is 0 Å². The first-order chi connectivity index (χ1) is 12.0. The summed E-state index contributed by atoms with van der Waals surface area (Å²) in [6, 6.07) is -0.856. The fourth-order valence-electron chi connectivity index (χ4n) is 2.98. The fourth-order valence-corrected chi connectivity index (χ4v) is 2.98. The highest BCUT2D eigenvalue weighted by Gasteiger charge is 2.38. The molecular weight excluding hydrogens is 332 g/mol. The molecule has 0 bridgehead atoms. The molecule has 0 unspecified atom stereocenters. The third kappa shape index (κ3) is 6.07. The summed E-state index contributed by atoms with van der Waals surface area (Å²) >= 11 is 0. The van der Waals surface area contributed by atoms with Crippen LogP contribution in [0.4, 0.5) is 4.79 Å². The van der Waals surface area contributed by atoms with Gasteiger partial charge in [-0.25, -0.2) is 4.79 Å². The van der Waals surface area contributed by atoms with E-state index in [1.54, 1.807) is 38.9 Å². The summed E-state index contributed by atoms with van der Waals surface area (Å²) in [5.41, 5.74) is -0.0314. The van der Waals surface area contributed by atoms with Crippen molar-refractivity contribution in [3.63, 3.8) is 0 Å². The van der Waals surface area contributed by atoms with Gasteiger partial charge in [-0.15, -0.1) is 0 Å². The number of hydrogen-bond acceptors (Lipinski definition) is 4. The van der Waals surface area contributed by atoms with E-state index in [1.807, 2.05) is 6.92 Å². The summed E-state index contributed by atoms with van der Waals surface area (Å²) in [6.07, 6.45) is 3.25. The van der Waals surface area contributed by atoms with E-state index in [1.165, 1.54) is 0 Å². The molecule has 0 aromatic carbocycles. The maximum atomic E-state index is 13.2. The van der Waals surface area contributed by atoms with Crippen LogP contribution in [-0.4, -0.2) is 41.7 Å². The summed E-state index contributed by atoms with van der Waals surface area (Å²) in [4.78, 5) is 27.0. The van der Waals surface area contributed by atoms with Crippen molar-refractivity contribution < 1.29 is 19.1 Å². The van der Waals surface area contributed by atoms with Crippen LogP contribution in [0.3, 0.4) is 0 Å². The lowest BCUT2D eigenvalue weighted by Gasteiger charge is -2.32. The third-order valence-electron chi connectivity index (χ3n) is 3.99. The monoisotopic (exact) mass is 366 g/mol. The van der Waals surface area contributed by atoms with Gasteiger partial charge in [-0.2, -0.15) is 0 Å². The molecule has 0 fully saturated rings. The van der Waals surface area contributed by atoms with Crippen LogP contribution in [0.5, 0.6) is 0 Å². The number of nitrogens with zero attached hydrogens (tertiary/aromatic N) is 1. The topological polar surface area (TPSA) is 67.9 Å². The first-order valence-corrected chi connectivity index (χ1v) is 9.27. The third-order valence-corrected chi connectivity index (χ3v) is 3.99. The van der Waals surface area contributed by atoms with Crippen molar-refractivity contribution in [3.05, 3.63) is 24.1 Å². The van der Waals surface area contributed by atoms with E-state index in [0.29, 0.717) is 18.0 Å². The number of ether oxygens (including phenoxy) is 2. The normalized spacial score (nSPS) is 18.6. The standard InChI is InChI=1S/C20H34N2O4/c1-9-10-15(21-19(24)26-20(5,6)7)18(23)22-14(4)12-17(25-8)16(22)11-13(2)3/h12-13,15-16H,4,9-11H2,1-3,5-8H3,(H,21,24)/t15-,16-/m0/s1. The predicted molar refractivity (Wildman–Crippen MR) is 102 cm³/mol. The molecule has 0 saturated heterocycles. The Balaban J connectivity index is 2.98. The maximum Gasteiger partial charge on any atom is 0.408 e. The van der Waals surface area contributed by atoms with E-state index >= 15 is 0 Å². The summed E-state index contributed by atoms with van der Waals surface area (Å²) in [5, 5.41) is 2.72. The molecular formula is C20H34N2O4. The highest BCUT2D eigenvalue weighted by Crippen LogP contribution is 2.31. The van der Waals surface area contributed by atoms with Gasteiger partial charge in [0.25, 0.3) is 0 Å². The Morgan fingerprint density at radius 2 is 1.96 bits per heavy atom. The van der Waals surface area contributed by atoms with Crippen LogP contribution >= 0.6 is 0 Å². The first-order valence-electron chi connectivity index (χ1n) is 9.27. The Morgan fingerprint density at radius 3 is 2.42 bits per heavy atom. The van der Waals surface area contributed by atoms with Gasteiger partial charge in [0.05, 0.1) is 13.2 Å². The van der Waals surface area contributed by atoms with Crippen LogP contribution in [-0.2, 0) is 14.3 Å². The first kappa shape index (κ1) is 22.1. The SMILES string of the molecule is C=C1C=C(OC)[C@H](CC(C)C)N1C(=O)[C@H](CCC)NC(=O)OC(C)(C)C. The van der Waals surface area contributed by atoms with E-state index in [-0.39, 0.29) is 11.9 Å². The molecule has 26 heavy (non-hydrogen) atoms. The van der Waals surface area contributed by atoms with Crippen LogP contribution < -0.4 is 5.32 Å². The van der Waals surface area contributed by atoms with Crippen molar-refractivity contribution in [2.45, 2.75) is 78.5 Å². The molecule has 0 saturated carbocycles. The number of carbonyl (C=O) groups excluding carboxylic acids is 2. The average Bonchev–Trinajstić information content (AvgIpc) is 2.79. The van der Waals surface area contributed by atoms with Crippen LogP contribution in [0.1, 0.15) is 60.8 Å². The molecule has 1 aliphatic heterocycles. The minimum Gasteiger partial charge on any atom is -0.499 e. The predicted octanol–water partition coefficient (Wildman–Crippen LogP) is 3.98. The Morgan fingerprint density at radius 1 is 1.35 bits per heavy atom. The van der Waals surface area contributed by atoms with Crippen molar-refractivity contribution in [2.75, 3.05) is 7.11 Å². The largest absolute Gasteiger partial charge is 0.499 e. The molecule has 1 heterocycles. The zero-order valence-corrected chi connectivity index (χ0v) is 17.2. The van der Waals surface area contributed by atoms with Crippen molar-refractivity contribution in [2.24, 2.45) is 5.92 Å². The van der Waals surface area contributed by atoms with Crippen LogP contribution in [0.15, 0.2) is 24.1 Å². The van der Waals surface area contributed by atoms with Gasteiger partial charge in [0.1, 0.15) is 17.4 Å². The van der Waals surface area contributed by atoms with Gasteiger partial charge in [0, 0.05) is 11.8 Å². The average molecular weight is 367 g/mol. The van der Waals surface area contributed by atoms with E-state index in [0.717, 1.165) is 18.6 Å². The molecule has 0 spiro atoms.